The molecule has 0 fully saturated rings. The number of ether oxygens (including phenoxy) is 1. The van der Waals surface area contributed by atoms with E-state index in [-0.39, 0.29) is 17.2 Å². The maximum atomic E-state index is 13.1. The Balaban J connectivity index is 1.51. The van der Waals surface area contributed by atoms with Crippen LogP contribution in [0.25, 0.3) is 6.08 Å². The summed E-state index contributed by atoms with van der Waals surface area (Å²) in [6.45, 7) is 0. The van der Waals surface area contributed by atoms with E-state index in [2.05, 4.69) is 15.8 Å². The number of non-ortho nitro benzene ring substituents is 1. The fourth-order valence-electron chi connectivity index (χ4n) is 3.84. The van der Waals surface area contributed by atoms with Gasteiger partial charge in [0.15, 0.2) is 0 Å². The fraction of sp³-hybridized carbons (Fsp3) is 0.0645. The molecule has 0 saturated carbocycles. The summed E-state index contributed by atoms with van der Waals surface area (Å²) < 4.78 is 5.61. The van der Waals surface area contributed by atoms with Crippen LogP contribution in [-0.2, 0) is 4.79 Å². The van der Waals surface area contributed by atoms with Crippen LogP contribution in [0.2, 0.25) is 0 Å². The number of nitrogens with zero attached hydrogens (tertiary/aromatic N) is 4. The van der Waals surface area contributed by atoms with Crippen LogP contribution < -0.4 is 20.4 Å². The van der Waals surface area contributed by atoms with Gasteiger partial charge in [0.05, 0.1) is 22.1 Å². The molecular weight excluding hydrogens is 568 g/mol. The van der Waals surface area contributed by atoms with Crippen LogP contribution in [0, 0.1) is 20.2 Å². The molecule has 0 radical (unpaired) electrons. The van der Waals surface area contributed by atoms with Crippen molar-refractivity contribution in [2.24, 2.45) is 5.10 Å². The molecule has 0 bridgehead atoms. The van der Waals surface area contributed by atoms with Crippen LogP contribution in [0.3, 0.4) is 0 Å². The minimum Gasteiger partial charge on any atom is -0.450 e. The second kappa shape index (κ2) is 14.0. The van der Waals surface area contributed by atoms with Gasteiger partial charge < -0.3 is 15.0 Å². The molecule has 4 aromatic carbocycles. The van der Waals surface area contributed by atoms with Crippen molar-refractivity contribution in [1.82, 2.24) is 10.7 Å². The maximum absolute atomic E-state index is 13.1. The zero-order chi connectivity index (χ0) is 31.6. The second-order valence-corrected chi connectivity index (χ2v) is 9.40. The monoisotopic (exact) mass is 594 g/mol. The van der Waals surface area contributed by atoms with E-state index in [1.807, 2.05) is 31.1 Å². The zero-order valence-corrected chi connectivity index (χ0v) is 23.5. The first-order valence-electron chi connectivity index (χ1n) is 13.0. The van der Waals surface area contributed by atoms with Crippen LogP contribution in [0.1, 0.15) is 21.5 Å². The Hall–Kier alpha value is -6.37. The smallest absolute Gasteiger partial charge is 0.318 e. The van der Waals surface area contributed by atoms with E-state index >= 15 is 0 Å². The first-order valence-corrected chi connectivity index (χ1v) is 13.0. The number of amides is 2. The van der Waals surface area contributed by atoms with Gasteiger partial charge in [-0.15, -0.1) is 0 Å². The van der Waals surface area contributed by atoms with Gasteiger partial charge in [-0.2, -0.15) is 5.10 Å². The Kier molecular flexibility index (Phi) is 9.73. The van der Waals surface area contributed by atoms with Crippen molar-refractivity contribution in [3.05, 3.63) is 140 Å². The van der Waals surface area contributed by atoms with Gasteiger partial charge in [0, 0.05) is 31.4 Å². The highest BCUT2D eigenvalue weighted by Gasteiger charge is 2.21. The molecule has 0 saturated heterocycles. The third kappa shape index (κ3) is 8.10. The van der Waals surface area contributed by atoms with E-state index in [0.29, 0.717) is 16.7 Å². The fourth-order valence-corrected chi connectivity index (χ4v) is 3.84. The molecule has 2 N–H and O–H groups in total. The minimum absolute atomic E-state index is 0.0452. The lowest BCUT2D eigenvalue weighted by Crippen LogP contribution is -2.32. The number of carbonyl (C=O) groups is 2. The summed E-state index contributed by atoms with van der Waals surface area (Å²) in [7, 11) is 3.81. The van der Waals surface area contributed by atoms with Gasteiger partial charge >= 0.3 is 5.69 Å². The van der Waals surface area contributed by atoms with E-state index in [4.69, 9.17) is 4.74 Å². The SMILES string of the molecule is CN(C)c1ccc(C=C(NC(=O)c2ccccc2)C(=O)NN=Cc2cccc(Oc3ccc([N+](=O)[O-])cc3[N+](=O)[O-])c2)cc1. The van der Waals surface area contributed by atoms with Gasteiger partial charge in [0.2, 0.25) is 5.75 Å². The zero-order valence-electron chi connectivity index (χ0n) is 23.5. The normalized spacial score (nSPS) is 11.1. The van der Waals surface area contributed by atoms with E-state index < -0.39 is 33.0 Å². The molecule has 0 spiro atoms. The number of hydrogen-bond donors (Lipinski definition) is 2. The lowest BCUT2D eigenvalue weighted by Gasteiger charge is -2.12. The van der Waals surface area contributed by atoms with Crippen molar-refractivity contribution in [3.63, 3.8) is 0 Å². The molecule has 0 atom stereocenters. The molecule has 13 nitrogen and oxygen atoms in total. The number of anilines is 1. The Morgan fingerprint density at radius 1 is 0.841 bits per heavy atom. The molecular formula is C31H26N6O7. The number of hydrazone groups is 1. The van der Waals surface area contributed by atoms with E-state index in [0.717, 1.165) is 23.9 Å². The molecule has 4 aromatic rings. The van der Waals surface area contributed by atoms with Gasteiger partial charge in [-0.05, 0) is 59.7 Å². The molecule has 2 amide bonds. The summed E-state index contributed by atoms with van der Waals surface area (Å²) in [4.78, 5) is 48.8. The summed E-state index contributed by atoms with van der Waals surface area (Å²) in [6.07, 6.45) is 2.84. The minimum atomic E-state index is -0.776. The number of nitrogens with one attached hydrogen (secondary N) is 2. The number of hydrogen-bond acceptors (Lipinski definition) is 9. The molecule has 44 heavy (non-hydrogen) atoms. The van der Waals surface area contributed by atoms with Crippen LogP contribution in [0.5, 0.6) is 11.5 Å². The standard InChI is InChI=1S/C31H26N6O7/c1-35(2)24-13-11-21(12-14-24)18-27(33-30(38)23-8-4-3-5-9-23)31(39)34-32-20-22-7-6-10-26(17-22)44-29-16-15-25(36(40)41)19-28(29)37(42)43/h3-20H,1-2H3,(H,33,38)(H,34,39). The summed E-state index contributed by atoms with van der Waals surface area (Å²) in [5, 5.41) is 29.0. The molecule has 0 unspecified atom stereocenters. The van der Waals surface area contributed by atoms with Crippen molar-refractivity contribution < 1.29 is 24.2 Å². The summed E-state index contributed by atoms with van der Waals surface area (Å²) in [5.74, 6) is -1.16. The molecule has 13 heteroatoms. The van der Waals surface area contributed by atoms with E-state index in [1.54, 1.807) is 54.6 Å². The van der Waals surface area contributed by atoms with Crippen LogP contribution >= 0.6 is 0 Å². The number of nitro benzene ring substituents is 2. The van der Waals surface area contributed by atoms with Crippen LogP contribution in [0.4, 0.5) is 17.1 Å². The number of rotatable bonds is 11. The first-order chi connectivity index (χ1) is 21.1. The van der Waals surface area contributed by atoms with Gasteiger partial charge in [0.25, 0.3) is 17.5 Å². The first kappa shape index (κ1) is 30.6. The summed E-state index contributed by atoms with van der Waals surface area (Å²) in [6, 6.07) is 25.1. The molecule has 222 valence electrons. The molecule has 4 rings (SSSR count). The summed E-state index contributed by atoms with van der Waals surface area (Å²) in [5.41, 5.74) is 3.79. The average molecular weight is 595 g/mol. The van der Waals surface area contributed by atoms with Crippen molar-refractivity contribution in [1.29, 1.82) is 0 Å². The highest BCUT2D eigenvalue weighted by molar-refractivity contribution is 6.05. The predicted molar refractivity (Wildman–Crippen MR) is 165 cm³/mol. The van der Waals surface area contributed by atoms with Gasteiger partial charge in [-0.3, -0.25) is 29.8 Å². The third-order valence-electron chi connectivity index (χ3n) is 6.06. The third-order valence-corrected chi connectivity index (χ3v) is 6.06. The number of carbonyl (C=O) groups excluding carboxylic acids is 2. The van der Waals surface area contributed by atoms with Crippen molar-refractivity contribution >= 4 is 41.2 Å². The van der Waals surface area contributed by atoms with E-state index in [9.17, 15) is 29.8 Å². The molecule has 0 aliphatic rings. The maximum Gasteiger partial charge on any atom is 0.318 e. The Morgan fingerprint density at radius 2 is 1.57 bits per heavy atom. The average Bonchev–Trinajstić information content (AvgIpc) is 3.01. The predicted octanol–water partition coefficient (Wildman–Crippen LogP) is 5.28. The second-order valence-electron chi connectivity index (χ2n) is 9.40. The topological polar surface area (TPSA) is 169 Å². The molecule has 0 aromatic heterocycles. The van der Waals surface area contributed by atoms with Gasteiger partial charge in [-0.25, -0.2) is 5.43 Å². The van der Waals surface area contributed by atoms with Crippen molar-refractivity contribution in [2.75, 3.05) is 19.0 Å². The van der Waals surface area contributed by atoms with Gasteiger partial charge in [-0.1, -0.05) is 42.5 Å². The quantitative estimate of drug-likeness (QED) is 0.102. The lowest BCUT2D eigenvalue weighted by atomic mass is 10.1. The van der Waals surface area contributed by atoms with Gasteiger partial charge in [0.1, 0.15) is 11.4 Å². The highest BCUT2D eigenvalue weighted by atomic mass is 16.6. The molecule has 0 aliphatic carbocycles. The Bertz CT molecular complexity index is 1750. The summed E-state index contributed by atoms with van der Waals surface area (Å²) >= 11 is 0. The Labute approximate surface area is 251 Å². The van der Waals surface area contributed by atoms with Crippen LogP contribution in [-0.4, -0.2) is 42.0 Å². The van der Waals surface area contributed by atoms with Crippen LogP contribution in [0.15, 0.2) is 108 Å². The highest BCUT2D eigenvalue weighted by Crippen LogP contribution is 2.34. The van der Waals surface area contributed by atoms with E-state index in [1.165, 1.54) is 24.4 Å². The lowest BCUT2D eigenvalue weighted by molar-refractivity contribution is -0.394. The Morgan fingerprint density at radius 3 is 2.23 bits per heavy atom. The van der Waals surface area contributed by atoms with Crippen molar-refractivity contribution in [2.45, 2.75) is 0 Å². The van der Waals surface area contributed by atoms with Crippen molar-refractivity contribution in [3.8, 4) is 11.5 Å². The number of benzene rings is 4. The number of nitro groups is 2. The largest absolute Gasteiger partial charge is 0.450 e. The molecule has 0 heterocycles. The molecule has 0 aliphatic heterocycles.